The maximum absolute atomic E-state index is 12.5. The van der Waals surface area contributed by atoms with E-state index in [-0.39, 0.29) is 5.91 Å². The maximum atomic E-state index is 12.5. The number of ether oxygens (including phenoxy) is 1. The number of thiazole rings is 1. The van der Waals surface area contributed by atoms with Crippen molar-refractivity contribution >= 4 is 39.2 Å². The summed E-state index contributed by atoms with van der Waals surface area (Å²) in [6, 6.07) is 15.6. The molecule has 0 atom stereocenters. The first kappa shape index (κ1) is 17.0. The lowest BCUT2D eigenvalue weighted by atomic mass is 10.2. The SMILES string of the molecule is COCCn1c(=NC(=O)c2ccc(SC)cc2)sc2ccccc21. The molecule has 1 heterocycles. The highest BCUT2D eigenvalue weighted by atomic mass is 32.2. The zero-order chi connectivity index (χ0) is 16.9. The number of thioether (sulfide) groups is 1. The molecule has 1 aromatic heterocycles. The van der Waals surface area contributed by atoms with Gasteiger partial charge >= 0.3 is 0 Å². The molecule has 3 rings (SSSR count). The minimum absolute atomic E-state index is 0.222. The van der Waals surface area contributed by atoms with Gasteiger partial charge in [-0.2, -0.15) is 4.99 Å². The maximum Gasteiger partial charge on any atom is 0.279 e. The molecule has 2 aromatic carbocycles. The van der Waals surface area contributed by atoms with Gasteiger partial charge < -0.3 is 9.30 Å². The molecule has 0 aliphatic rings. The second-order valence-corrected chi connectivity index (χ2v) is 7.03. The van der Waals surface area contributed by atoms with Crippen LogP contribution in [-0.2, 0) is 11.3 Å². The molecule has 4 nitrogen and oxygen atoms in total. The van der Waals surface area contributed by atoms with Crippen molar-refractivity contribution in [1.82, 2.24) is 4.57 Å². The number of methoxy groups -OCH3 is 1. The molecule has 0 saturated heterocycles. The minimum Gasteiger partial charge on any atom is -0.383 e. The molecular formula is C18H18N2O2S2. The van der Waals surface area contributed by atoms with Gasteiger partial charge in [0.2, 0.25) is 0 Å². The highest BCUT2D eigenvalue weighted by Crippen LogP contribution is 2.18. The second kappa shape index (κ2) is 7.79. The third-order valence-corrected chi connectivity index (χ3v) is 5.44. The summed E-state index contributed by atoms with van der Waals surface area (Å²) < 4.78 is 8.34. The van der Waals surface area contributed by atoms with E-state index in [0.717, 1.165) is 15.1 Å². The quantitative estimate of drug-likeness (QED) is 0.652. The Labute approximate surface area is 148 Å². The Kier molecular flexibility index (Phi) is 5.50. The van der Waals surface area contributed by atoms with Crippen molar-refractivity contribution < 1.29 is 9.53 Å². The third-order valence-electron chi connectivity index (χ3n) is 3.64. The van der Waals surface area contributed by atoms with E-state index in [1.807, 2.05) is 59.4 Å². The van der Waals surface area contributed by atoms with Crippen molar-refractivity contribution in [2.45, 2.75) is 11.4 Å². The largest absolute Gasteiger partial charge is 0.383 e. The summed E-state index contributed by atoms with van der Waals surface area (Å²) >= 11 is 3.17. The normalized spacial score (nSPS) is 12.0. The fraction of sp³-hybridized carbons (Fsp3) is 0.222. The van der Waals surface area contributed by atoms with Crippen molar-refractivity contribution in [3.05, 3.63) is 58.9 Å². The summed E-state index contributed by atoms with van der Waals surface area (Å²) in [4.78, 5) is 18.7. The number of aromatic nitrogens is 1. The second-order valence-electron chi connectivity index (χ2n) is 5.14. The van der Waals surface area contributed by atoms with Gasteiger partial charge in [0.15, 0.2) is 4.80 Å². The predicted molar refractivity (Wildman–Crippen MR) is 99.8 cm³/mol. The highest BCUT2D eigenvalue weighted by molar-refractivity contribution is 7.98. The smallest absolute Gasteiger partial charge is 0.279 e. The molecular weight excluding hydrogens is 340 g/mol. The van der Waals surface area contributed by atoms with Crippen LogP contribution in [0, 0.1) is 0 Å². The molecule has 6 heteroatoms. The Morgan fingerprint density at radius 2 is 1.96 bits per heavy atom. The molecule has 124 valence electrons. The molecule has 0 radical (unpaired) electrons. The number of carbonyl (C=O) groups is 1. The van der Waals surface area contributed by atoms with Crippen LogP contribution < -0.4 is 4.80 Å². The molecule has 0 N–H and O–H groups in total. The van der Waals surface area contributed by atoms with Gasteiger partial charge in [-0.15, -0.1) is 11.8 Å². The van der Waals surface area contributed by atoms with Crippen LogP contribution in [-0.4, -0.2) is 30.4 Å². The number of fused-ring (bicyclic) bond motifs is 1. The van der Waals surface area contributed by atoms with E-state index in [9.17, 15) is 4.79 Å². The highest BCUT2D eigenvalue weighted by Gasteiger charge is 2.09. The zero-order valence-corrected chi connectivity index (χ0v) is 15.2. The molecule has 0 aliphatic carbocycles. The van der Waals surface area contributed by atoms with Crippen molar-refractivity contribution in [2.24, 2.45) is 4.99 Å². The number of hydrogen-bond acceptors (Lipinski definition) is 4. The van der Waals surface area contributed by atoms with Crippen LogP contribution in [0.1, 0.15) is 10.4 Å². The van der Waals surface area contributed by atoms with Gasteiger partial charge in [0, 0.05) is 24.1 Å². The molecule has 0 bridgehead atoms. The van der Waals surface area contributed by atoms with Crippen molar-refractivity contribution in [1.29, 1.82) is 0 Å². The van der Waals surface area contributed by atoms with Gasteiger partial charge in [-0.05, 0) is 42.7 Å². The van der Waals surface area contributed by atoms with E-state index in [1.165, 1.54) is 11.3 Å². The average Bonchev–Trinajstić information content (AvgIpc) is 2.97. The lowest BCUT2D eigenvalue weighted by Crippen LogP contribution is -2.19. The minimum atomic E-state index is -0.222. The molecule has 24 heavy (non-hydrogen) atoms. The Morgan fingerprint density at radius 1 is 1.21 bits per heavy atom. The van der Waals surface area contributed by atoms with Crippen molar-refractivity contribution in [3.63, 3.8) is 0 Å². The topological polar surface area (TPSA) is 43.6 Å². The standard InChI is InChI=1S/C18H18N2O2S2/c1-22-12-11-20-15-5-3-4-6-16(15)24-18(20)19-17(21)13-7-9-14(23-2)10-8-13/h3-10H,11-12H2,1-2H3. The molecule has 0 unspecified atom stereocenters. The van der Waals surface area contributed by atoms with Crippen LogP contribution in [0.25, 0.3) is 10.2 Å². The van der Waals surface area contributed by atoms with E-state index in [0.29, 0.717) is 23.5 Å². The first-order chi connectivity index (χ1) is 11.7. The van der Waals surface area contributed by atoms with Crippen molar-refractivity contribution in [2.75, 3.05) is 20.0 Å². The third kappa shape index (κ3) is 3.61. The van der Waals surface area contributed by atoms with Crippen LogP contribution in [0.15, 0.2) is 58.4 Å². The van der Waals surface area contributed by atoms with Gasteiger partial charge in [-0.1, -0.05) is 23.5 Å². The first-order valence-electron chi connectivity index (χ1n) is 7.53. The summed E-state index contributed by atoms with van der Waals surface area (Å²) in [5.74, 6) is -0.222. The summed E-state index contributed by atoms with van der Waals surface area (Å²) in [6.45, 7) is 1.24. The molecule has 0 spiro atoms. The van der Waals surface area contributed by atoms with Crippen LogP contribution in [0.4, 0.5) is 0 Å². The lowest BCUT2D eigenvalue weighted by molar-refractivity contribution is 0.0997. The van der Waals surface area contributed by atoms with E-state index < -0.39 is 0 Å². The van der Waals surface area contributed by atoms with Gasteiger partial charge in [-0.3, -0.25) is 4.79 Å². The Bertz CT molecular complexity index is 911. The first-order valence-corrected chi connectivity index (χ1v) is 9.57. The number of benzene rings is 2. The predicted octanol–water partition coefficient (Wildman–Crippen LogP) is 3.81. The monoisotopic (exact) mass is 358 g/mol. The number of carbonyl (C=O) groups excluding carboxylic acids is 1. The van der Waals surface area contributed by atoms with Gasteiger partial charge in [0.05, 0.1) is 16.8 Å². The lowest BCUT2D eigenvalue weighted by Gasteiger charge is -2.04. The number of rotatable bonds is 5. The Balaban J connectivity index is 2.02. The molecule has 1 amide bonds. The Hall–Kier alpha value is -1.89. The van der Waals surface area contributed by atoms with Crippen LogP contribution in [0.5, 0.6) is 0 Å². The van der Waals surface area contributed by atoms with E-state index >= 15 is 0 Å². The summed E-state index contributed by atoms with van der Waals surface area (Å²) in [5.41, 5.74) is 1.67. The molecule has 0 saturated carbocycles. The molecule has 0 fully saturated rings. The van der Waals surface area contributed by atoms with E-state index in [2.05, 4.69) is 4.99 Å². The van der Waals surface area contributed by atoms with Gasteiger partial charge in [0.25, 0.3) is 5.91 Å². The van der Waals surface area contributed by atoms with Gasteiger partial charge in [0.1, 0.15) is 0 Å². The number of para-hydroxylation sites is 1. The average molecular weight is 358 g/mol. The van der Waals surface area contributed by atoms with E-state index in [4.69, 9.17) is 4.74 Å². The summed E-state index contributed by atoms with van der Waals surface area (Å²) in [5, 5.41) is 0. The molecule has 3 aromatic rings. The molecule has 0 aliphatic heterocycles. The zero-order valence-electron chi connectivity index (χ0n) is 13.6. The summed E-state index contributed by atoms with van der Waals surface area (Å²) in [7, 11) is 1.67. The van der Waals surface area contributed by atoms with E-state index in [1.54, 1.807) is 18.9 Å². The van der Waals surface area contributed by atoms with Crippen molar-refractivity contribution in [3.8, 4) is 0 Å². The van der Waals surface area contributed by atoms with Gasteiger partial charge in [-0.25, -0.2) is 0 Å². The summed E-state index contributed by atoms with van der Waals surface area (Å²) in [6.07, 6.45) is 2.01. The van der Waals surface area contributed by atoms with Crippen LogP contribution in [0.2, 0.25) is 0 Å². The van der Waals surface area contributed by atoms with Crippen LogP contribution >= 0.6 is 23.1 Å². The number of amides is 1. The fourth-order valence-corrected chi connectivity index (χ4v) is 3.85. The number of nitrogens with zero attached hydrogens (tertiary/aromatic N) is 2. The Morgan fingerprint density at radius 3 is 2.67 bits per heavy atom. The number of hydrogen-bond donors (Lipinski definition) is 0. The van der Waals surface area contributed by atoms with Crippen LogP contribution in [0.3, 0.4) is 0 Å². The fourth-order valence-electron chi connectivity index (χ4n) is 2.39.